The predicted octanol–water partition coefficient (Wildman–Crippen LogP) is 4.73. The number of anilines is 3. The number of halogens is 4. The van der Waals surface area contributed by atoms with Crippen molar-refractivity contribution in [2.75, 3.05) is 10.6 Å². The van der Waals surface area contributed by atoms with Gasteiger partial charge in [-0.2, -0.15) is 13.2 Å². The summed E-state index contributed by atoms with van der Waals surface area (Å²) in [4.78, 5) is 36.9. The van der Waals surface area contributed by atoms with E-state index in [0.717, 1.165) is 6.07 Å². The van der Waals surface area contributed by atoms with Gasteiger partial charge in [-0.25, -0.2) is 0 Å². The second-order valence-corrected chi connectivity index (χ2v) is 9.21. The van der Waals surface area contributed by atoms with E-state index in [9.17, 15) is 27.6 Å². The summed E-state index contributed by atoms with van der Waals surface area (Å²) < 4.78 is 44.1. The topological polar surface area (TPSA) is 100 Å². The largest absolute Gasteiger partial charge is 0.454 e. The molecule has 1 aromatic heterocycles. The van der Waals surface area contributed by atoms with E-state index in [2.05, 4.69) is 16.0 Å². The molecular weight excluding hydrogens is 463 g/mol. The molecule has 2 heterocycles. The molecule has 0 fully saturated rings. The average molecular weight is 482 g/mol. The molecule has 3 aromatic rings. The molecule has 7 nitrogen and oxygen atoms in total. The fraction of sp³-hybridized carbons (Fsp3) is 0.318. The minimum atomic E-state index is -4.66. The Bertz CT molecular complexity index is 1330. The van der Waals surface area contributed by atoms with Crippen LogP contribution in [0.5, 0.6) is 0 Å². The van der Waals surface area contributed by atoms with Gasteiger partial charge in [0.05, 0.1) is 17.3 Å². The zero-order valence-corrected chi connectivity index (χ0v) is 18.5. The van der Waals surface area contributed by atoms with Crippen LogP contribution in [0, 0.1) is 5.41 Å². The Morgan fingerprint density at radius 3 is 2.30 bits per heavy atom. The highest BCUT2D eigenvalue weighted by Gasteiger charge is 2.38. The van der Waals surface area contributed by atoms with Crippen molar-refractivity contribution in [1.82, 2.24) is 5.32 Å². The Labute approximate surface area is 190 Å². The molecule has 0 saturated heterocycles. The maximum absolute atomic E-state index is 13.0. The lowest BCUT2D eigenvalue weighted by Gasteiger charge is -2.31. The second-order valence-electron chi connectivity index (χ2n) is 8.81. The summed E-state index contributed by atoms with van der Waals surface area (Å²) in [5.41, 5.74) is -1.44. The summed E-state index contributed by atoms with van der Waals surface area (Å²) in [7, 11) is 0. The van der Waals surface area contributed by atoms with Gasteiger partial charge in [0.15, 0.2) is 0 Å². The van der Waals surface area contributed by atoms with Crippen LogP contribution in [-0.4, -0.2) is 5.91 Å². The molecule has 1 amide bonds. The highest BCUT2D eigenvalue weighted by Crippen LogP contribution is 2.41. The SMILES string of the molecule is CC(C)(C)[C@@H](Nc1c(Nc2ccc(Cl)c3c2C(=O)NC3)c(=O)c1=O)c1ccc(C(F)(F)F)o1. The van der Waals surface area contributed by atoms with E-state index in [4.69, 9.17) is 16.0 Å². The quantitative estimate of drug-likeness (QED) is 0.455. The third kappa shape index (κ3) is 3.99. The van der Waals surface area contributed by atoms with Crippen molar-refractivity contribution in [3.8, 4) is 0 Å². The predicted molar refractivity (Wildman–Crippen MR) is 117 cm³/mol. The molecular formula is C22H19ClF3N3O4. The van der Waals surface area contributed by atoms with Gasteiger partial charge in [0.1, 0.15) is 17.1 Å². The van der Waals surface area contributed by atoms with Crippen LogP contribution in [-0.2, 0) is 12.7 Å². The van der Waals surface area contributed by atoms with Crippen LogP contribution in [0.25, 0.3) is 0 Å². The van der Waals surface area contributed by atoms with Gasteiger partial charge in [-0.3, -0.25) is 14.4 Å². The molecule has 0 aliphatic carbocycles. The van der Waals surface area contributed by atoms with Crippen LogP contribution in [0.1, 0.15) is 54.3 Å². The molecule has 3 N–H and O–H groups in total. The van der Waals surface area contributed by atoms with Crippen molar-refractivity contribution in [3.63, 3.8) is 0 Å². The molecule has 11 heteroatoms. The molecule has 33 heavy (non-hydrogen) atoms. The monoisotopic (exact) mass is 481 g/mol. The summed E-state index contributed by atoms with van der Waals surface area (Å²) in [5.74, 6) is -1.59. The van der Waals surface area contributed by atoms with Gasteiger partial charge in [-0.05, 0) is 29.7 Å². The van der Waals surface area contributed by atoms with Crippen LogP contribution in [0.15, 0.2) is 38.3 Å². The van der Waals surface area contributed by atoms with Crippen LogP contribution in [0.3, 0.4) is 0 Å². The van der Waals surface area contributed by atoms with Crippen molar-refractivity contribution in [1.29, 1.82) is 0 Å². The number of hydrogen-bond acceptors (Lipinski definition) is 6. The van der Waals surface area contributed by atoms with Gasteiger partial charge >= 0.3 is 6.18 Å². The standard InChI is InChI=1S/C22H19ClF3N3O4/c1-21(2,3)19(12-6-7-13(33-12)22(24,25)26)29-16-15(17(30)18(16)31)28-11-5-4-10(23)9-8-27-20(32)14(9)11/h4-7,19,28-29H,8H2,1-3H3,(H,27,32)/t19-/m0/s1. The zero-order valence-electron chi connectivity index (χ0n) is 17.7. The summed E-state index contributed by atoms with van der Waals surface area (Å²) >= 11 is 6.14. The second kappa shape index (κ2) is 7.65. The first-order valence-electron chi connectivity index (χ1n) is 9.92. The zero-order chi connectivity index (χ0) is 24.3. The fourth-order valence-electron chi connectivity index (χ4n) is 3.72. The van der Waals surface area contributed by atoms with Gasteiger partial charge in [-0.1, -0.05) is 32.4 Å². The van der Waals surface area contributed by atoms with Gasteiger partial charge in [0, 0.05) is 17.1 Å². The number of amides is 1. The number of carbonyl (C=O) groups is 1. The molecule has 0 bridgehead atoms. The van der Waals surface area contributed by atoms with Crippen molar-refractivity contribution in [2.45, 2.75) is 39.5 Å². The highest BCUT2D eigenvalue weighted by molar-refractivity contribution is 6.32. The molecule has 1 aliphatic heterocycles. The molecule has 0 radical (unpaired) electrons. The maximum Gasteiger partial charge on any atom is 0.449 e. The van der Waals surface area contributed by atoms with Crippen LogP contribution < -0.4 is 26.8 Å². The molecule has 174 valence electrons. The highest BCUT2D eigenvalue weighted by atomic mass is 35.5. The molecule has 0 unspecified atom stereocenters. The fourth-order valence-corrected chi connectivity index (χ4v) is 3.94. The van der Waals surface area contributed by atoms with Crippen molar-refractivity contribution >= 4 is 34.6 Å². The third-order valence-corrected chi connectivity index (χ3v) is 5.78. The lowest BCUT2D eigenvalue weighted by Crippen LogP contribution is -2.39. The summed E-state index contributed by atoms with van der Waals surface area (Å²) in [6.45, 7) is 5.46. The van der Waals surface area contributed by atoms with Crippen molar-refractivity contribution in [3.05, 3.63) is 72.4 Å². The first-order valence-corrected chi connectivity index (χ1v) is 10.3. The van der Waals surface area contributed by atoms with Gasteiger partial charge in [0.2, 0.25) is 5.76 Å². The summed E-state index contributed by atoms with van der Waals surface area (Å²) in [6, 6.07) is 4.20. The number of furan rings is 1. The van der Waals surface area contributed by atoms with E-state index in [1.165, 1.54) is 12.1 Å². The van der Waals surface area contributed by atoms with Crippen molar-refractivity contribution in [2.24, 2.45) is 5.41 Å². The van der Waals surface area contributed by atoms with Gasteiger partial charge in [-0.15, -0.1) is 0 Å². The Balaban J connectivity index is 1.69. The third-order valence-electron chi connectivity index (χ3n) is 5.42. The van der Waals surface area contributed by atoms with Crippen LogP contribution >= 0.6 is 11.6 Å². The van der Waals surface area contributed by atoms with E-state index in [1.54, 1.807) is 26.8 Å². The number of hydrogen-bond donors (Lipinski definition) is 3. The van der Waals surface area contributed by atoms with Gasteiger partial charge in [0.25, 0.3) is 16.8 Å². The summed E-state index contributed by atoms with van der Waals surface area (Å²) in [6.07, 6.45) is -4.66. The van der Waals surface area contributed by atoms with Crippen molar-refractivity contribution < 1.29 is 22.4 Å². The van der Waals surface area contributed by atoms with E-state index in [1.807, 2.05) is 0 Å². The lowest BCUT2D eigenvalue weighted by atomic mass is 9.85. The van der Waals surface area contributed by atoms with E-state index in [-0.39, 0.29) is 40.8 Å². The summed E-state index contributed by atoms with van der Waals surface area (Å²) in [5, 5.41) is 8.72. The van der Waals surface area contributed by atoms with E-state index in [0.29, 0.717) is 10.6 Å². The minimum Gasteiger partial charge on any atom is -0.454 e. The molecule has 4 rings (SSSR count). The Kier molecular flexibility index (Phi) is 5.31. The first kappa shape index (κ1) is 22.9. The average Bonchev–Trinajstić information content (AvgIpc) is 3.35. The van der Waals surface area contributed by atoms with Gasteiger partial charge < -0.3 is 20.4 Å². The molecule has 1 atom stereocenters. The Morgan fingerprint density at radius 1 is 1.03 bits per heavy atom. The Morgan fingerprint density at radius 2 is 1.70 bits per heavy atom. The number of nitrogens with one attached hydrogen (secondary N) is 3. The number of carbonyl (C=O) groups excluding carboxylic acids is 1. The lowest BCUT2D eigenvalue weighted by molar-refractivity contribution is -0.153. The number of fused-ring (bicyclic) bond motifs is 1. The van der Waals surface area contributed by atoms with Crippen LogP contribution in [0.4, 0.5) is 30.2 Å². The Hall–Kier alpha value is -3.27. The number of benzene rings is 1. The molecule has 2 aromatic carbocycles. The smallest absolute Gasteiger partial charge is 0.449 e. The first-order chi connectivity index (χ1) is 15.3. The molecule has 1 aliphatic rings. The normalized spacial score (nSPS) is 14.8. The maximum atomic E-state index is 13.0. The van der Waals surface area contributed by atoms with E-state index < -0.39 is 34.3 Å². The van der Waals surface area contributed by atoms with Crippen LogP contribution in [0.2, 0.25) is 5.02 Å². The molecule has 0 spiro atoms. The minimum absolute atomic E-state index is 0.0411. The number of alkyl halides is 3. The van der Waals surface area contributed by atoms with E-state index >= 15 is 0 Å². The molecule has 0 saturated carbocycles. The number of rotatable bonds is 5.